The summed E-state index contributed by atoms with van der Waals surface area (Å²) in [5.41, 5.74) is 16.1. The van der Waals surface area contributed by atoms with Gasteiger partial charge < -0.3 is 5.11 Å². The minimum atomic E-state index is -0.367. The smallest absolute Gasteiger partial charge is 0.286 e. The number of pyridine rings is 2. The van der Waals surface area contributed by atoms with Crippen molar-refractivity contribution < 1.29 is 14.7 Å². The first-order chi connectivity index (χ1) is 34.6. The van der Waals surface area contributed by atoms with Crippen LogP contribution in [0.25, 0.3) is 56.1 Å². The second-order valence-corrected chi connectivity index (χ2v) is 19.0. The number of aromatic nitrogens is 6. The van der Waals surface area contributed by atoms with Crippen molar-refractivity contribution in [1.29, 1.82) is 0 Å². The van der Waals surface area contributed by atoms with E-state index >= 15 is 0 Å². The van der Waals surface area contributed by atoms with Crippen molar-refractivity contribution in [2.24, 2.45) is 0 Å². The Morgan fingerprint density at radius 1 is 0.535 bits per heavy atom. The van der Waals surface area contributed by atoms with Gasteiger partial charge in [-0.05, 0) is 103 Å². The second-order valence-electron chi connectivity index (χ2n) is 17.3. The van der Waals surface area contributed by atoms with Crippen molar-refractivity contribution in [2.75, 3.05) is 26.2 Å². The lowest BCUT2D eigenvalue weighted by atomic mass is 10.0. The molecule has 13 nitrogen and oxygen atoms in total. The largest absolute Gasteiger partial charge is 0.392 e. The Hall–Kier alpha value is -6.42. The van der Waals surface area contributed by atoms with Gasteiger partial charge in [0.15, 0.2) is 11.4 Å². The van der Waals surface area contributed by atoms with Crippen LogP contribution in [0.15, 0.2) is 134 Å². The first kappa shape index (κ1) is 49.6. The number of benzene rings is 4. The summed E-state index contributed by atoms with van der Waals surface area (Å²) in [6, 6.07) is 34.1. The van der Waals surface area contributed by atoms with Crippen molar-refractivity contribution in [1.82, 2.24) is 50.4 Å². The number of nitrogens with one attached hydrogen (secondary N) is 2. The van der Waals surface area contributed by atoms with Gasteiger partial charge in [-0.25, -0.2) is 19.4 Å². The number of hydrazine groups is 2. The molecule has 0 atom stereocenters. The number of aliphatic hydroxyl groups is 1. The fourth-order valence-electron chi connectivity index (χ4n) is 8.90. The molecule has 0 spiro atoms. The fourth-order valence-corrected chi connectivity index (χ4v) is 9.87. The predicted octanol–water partition coefficient (Wildman–Crippen LogP) is 11.9. The first-order valence-electron chi connectivity index (χ1n) is 23.4. The third-order valence-electron chi connectivity index (χ3n) is 12.5. The number of amides is 2. The quantitative estimate of drug-likeness (QED) is 0.115. The van der Waals surface area contributed by atoms with Crippen LogP contribution in [0, 0.1) is 6.92 Å². The Morgan fingerprint density at radius 3 is 1.39 bits per heavy atom. The molecular weight excluding hydrogens is 978 g/mol. The maximum Gasteiger partial charge on any atom is 0.286 e. The van der Waals surface area contributed by atoms with E-state index in [2.05, 4.69) is 25.9 Å². The van der Waals surface area contributed by atoms with Crippen LogP contribution in [0.4, 0.5) is 0 Å². The van der Waals surface area contributed by atoms with Gasteiger partial charge in [-0.15, -0.1) is 0 Å². The molecule has 0 bridgehead atoms. The van der Waals surface area contributed by atoms with Crippen LogP contribution < -0.4 is 10.9 Å². The molecule has 6 heterocycles. The molecule has 0 aliphatic carbocycles. The summed E-state index contributed by atoms with van der Waals surface area (Å²) < 4.78 is 3.34. The van der Waals surface area contributed by atoms with E-state index in [1.807, 2.05) is 102 Å². The molecule has 4 aromatic heterocycles. The number of carbonyl (C=O) groups excluding carboxylic acids is 2. The number of hydrogen-bond acceptors (Lipinski definition) is 9. The minimum Gasteiger partial charge on any atom is -0.392 e. The molecule has 10 rings (SSSR count). The monoisotopic (exact) mass is 1030 g/mol. The molecule has 17 heteroatoms. The molecule has 2 fully saturated rings. The number of piperidine rings is 2. The molecule has 3 N–H and O–H groups in total. The molecular formula is C54H50Cl4N10O3. The van der Waals surface area contributed by atoms with E-state index in [4.69, 9.17) is 51.5 Å². The zero-order chi connectivity index (χ0) is 49.4. The summed E-state index contributed by atoms with van der Waals surface area (Å²) in [6.45, 7) is 4.81. The van der Waals surface area contributed by atoms with Crippen LogP contribution in [0.2, 0.25) is 20.1 Å². The molecule has 2 aliphatic rings. The summed E-state index contributed by atoms with van der Waals surface area (Å²) in [6.07, 6.45) is 13.7. The fraction of sp³-hybridized carbons (Fsp3) is 0.222. The first-order valence-corrected chi connectivity index (χ1v) is 24.9. The number of rotatable bonds is 11. The number of aliphatic hydroxyl groups excluding tert-OH is 1. The van der Waals surface area contributed by atoms with Crippen molar-refractivity contribution in [2.45, 2.75) is 52.1 Å². The van der Waals surface area contributed by atoms with Crippen LogP contribution >= 0.6 is 46.4 Å². The van der Waals surface area contributed by atoms with Crippen molar-refractivity contribution in [3.8, 4) is 56.1 Å². The van der Waals surface area contributed by atoms with E-state index in [1.54, 1.807) is 58.3 Å². The Labute approximate surface area is 431 Å². The number of halogens is 4. The molecule has 2 aliphatic heterocycles. The maximum absolute atomic E-state index is 13.3. The van der Waals surface area contributed by atoms with Crippen molar-refractivity contribution in [3.05, 3.63) is 177 Å². The topological polar surface area (TPSA) is 146 Å². The Balaban J connectivity index is 0.000000176. The molecule has 71 heavy (non-hydrogen) atoms. The number of nitrogens with zero attached hydrogens (tertiary/aromatic N) is 8. The van der Waals surface area contributed by atoms with Gasteiger partial charge in [0, 0.05) is 83.3 Å². The minimum absolute atomic E-state index is 0.153. The van der Waals surface area contributed by atoms with Gasteiger partial charge in [-0.2, -0.15) is 10.2 Å². The highest BCUT2D eigenvalue weighted by Gasteiger charge is 2.28. The van der Waals surface area contributed by atoms with E-state index in [1.165, 1.54) is 6.42 Å². The van der Waals surface area contributed by atoms with Gasteiger partial charge >= 0.3 is 0 Å². The average Bonchev–Trinajstić information content (AvgIpc) is 3.95. The summed E-state index contributed by atoms with van der Waals surface area (Å²) >= 11 is 25.4. The molecule has 0 radical (unpaired) electrons. The van der Waals surface area contributed by atoms with Gasteiger partial charge in [0.1, 0.15) is 0 Å². The molecule has 0 unspecified atom stereocenters. The zero-order valence-electron chi connectivity index (χ0n) is 38.8. The van der Waals surface area contributed by atoms with E-state index in [9.17, 15) is 14.7 Å². The van der Waals surface area contributed by atoms with Gasteiger partial charge in [0.2, 0.25) is 0 Å². The number of carbonyl (C=O) groups is 2. The van der Waals surface area contributed by atoms with Crippen molar-refractivity contribution >= 4 is 58.2 Å². The highest BCUT2D eigenvalue weighted by atomic mass is 35.5. The van der Waals surface area contributed by atoms with Crippen LogP contribution in [-0.4, -0.2) is 82.6 Å². The van der Waals surface area contributed by atoms with Crippen LogP contribution in [0.3, 0.4) is 0 Å². The summed E-state index contributed by atoms with van der Waals surface area (Å²) in [5, 5.41) is 25.5. The second kappa shape index (κ2) is 22.8. The van der Waals surface area contributed by atoms with E-state index in [0.717, 1.165) is 103 Å². The Bertz CT molecular complexity index is 3140. The van der Waals surface area contributed by atoms with E-state index < -0.39 is 0 Å². The van der Waals surface area contributed by atoms with Crippen LogP contribution in [0.5, 0.6) is 0 Å². The lowest BCUT2D eigenvalue weighted by Crippen LogP contribution is -2.45. The lowest BCUT2D eigenvalue weighted by Gasteiger charge is -2.26. The molecule has 2 saturated heterocycles. The summed E-state index contributed by atoms with van der Waals surface area (Å²) in [7, 11) is 0. The third-order valence-corrected chi connectivity index (χ3v) is 13.6. The number of hydrogen-bond donors (Lipinski definition) is 3. The summed E-state index contributed by atoms with van der Waals surface area (Å²) in [4.78, 5) is 34.9. The maximum atomic E-state index is 13.3. The van der Waals surface area contributed by atoms with Gasteiger partial charge in [-0.1, -0.05) is 120 Å². The van der Waals surface area contributed by atoms with Crippen molar-refractivity contribution in [3.63, 3.8) is 0 Å². The SMILES string of the molecule is Cc1c(C(=O)NN2CCCCC2)nn(-c2ccc(Cl)cc2Cl)c1-c1ccc(-c2cccnc2)cc1.O=C(NN1CCCCC1)c1nn(-c2ccc(Cl)cc2Cl)c(-c2ccc(-c3cccnc3)cc2)c1CO. The lowest BCUT2D eigenvalue weighted by molar-refractivity contribution is 0.0735. The Kier molecular flexibility index (Phi) is 15.9. The summed E-state index contributed by atoms with van der Waals surface area (Å²) in [5.74, 6) is -0.584. The predicted molar refractivity (Wildman–Crippen MR) is 281 cm³/mol. The molecule has 8 aromatic rings. The molecule has 362 valence electrons. The van der Waals surface area contributed by atoms with Crippen LogP contribution in [0.1, 0.15) is 70.6 Å². The highest BCUT2D eigenvalue weighted by molar-refractivity contribution is 6.36. The van der Waals surface area contributed by atoms with Gasteiger partial charge in [0.25, 0.3) is 11.8 Å². The van der Waals surface area contributed by atoms with E-state index in [-0.39, 0.29) is 24.1 Å². The average molecular weight is 1030 g/mol. The van der Waals surface area contributed by atoms with Crippen LogP contribution in [-0.2, 0) is 6.61 Å². The standard InChI is InChI=1S/C27H25Cl2N5O2.C27H25Cl2N5O/c28-21-10-11-24(23(29)15-21)34-26(19-8-6-18(7-9-19)20-5-4-12-30-16-20)22(17-35)25(31-34)27(36)32-33-13-2-1-3-14-33;1-18-25(27(35)32-33-14-3-2-4-15-33)31-34(24-12-11-22(28)16-23(24)29)26(18)20-9-7-19(8-10-20)21-6-5-13-30-17-21/h4-12,15-16,35H,1-3,13-14,17H2,(H,32,36);5-13,16-17H,2-4,14-15H2,1H3,(H,32,35). The normalized spacial score (nSPS) is 14.1. The van der Waals surface area contributed by atoms with Gasteiger partial charge in [0.05, 0.1) is 39.4 Å². The third kappa shape index (κ3) is 11.4. The van der Waals surface area contributed by atoms with Gasteiger partial charge in [-0.3, -0.25) is 30.4 Å². The zero-order valence-corrected chi connectivity index (χ0v) is 41.9. The highest BCUT2D eigenvalue weighted by Crippen LogP contribution is 2.36. The molecule has 2 amide bonds. The van der Waals surface area contributed by atoms with E-state index in [0.29, 0.717) is 48.4 Å². The molecule has 4 aromatic carbocycles. The molecule has 0 saturated carbocycles. The Morgan fingerprint density at radius 2 is 0.958 bits per heavy atom.